The minimum Gasteiger partial charge on any atom is -0.379 e. The van der Waals surface area contributed by atoms with Crippen molar-refractivity contribution in [1.82, 2.24) is 10.6 Å². The van der Waals surface area contributed by atoms with E-state index in [1.54, 1.807) is 0 Å². The number of thioether (sulfide) groups is 1. The summed E-state index contributed by atoms with van der Waals surface area (Å²) in [7, 11) is 0. The third kappa shape index (κ3) is 5.97. The molecule has 1 saturated heterocycles. The van der Waals surface area contributed by atoms with Crippen LogP contribution in [0.5, 0.6) is 0 Å². The molecule has 0 amide bonds. The predicted octanol–water partition coefficient (Wildman–Crippen LogP) is 2.41. The van der Waals surface area contributed by atoms with Gasteiger partial charge in [0.1, 0.15) is 0 Å². The van der Waals surface area contributed by atoms with E-state index in [1.165, 1.54) is 0 Å². The minimum absolute atomic E-state index is 0. The van der Waals surface area contributed by atoms with Crippen LogP contribution in [0.15, 0.2) is 0 Å². The van der Waals surface area contributed by atoms with E-state index in [0.717, 1.165) is 39.0 Å². The summed E-state index contributed by atoms with van der Waals surface area (Å²) in [5.74, 6) is 0.567. The lowest BCUT2D eigenvalue weighted by molar-refractivity contribution is -0.0327. The average molecular weight is 335 g/mol. The van der Waals surface area contributed by atoms with Crippen molar-refractivity contribution in [2.75, 3.05) is 32.1 Å². The second-order valence-corrected chi connectivity index (χ2v) is 6.24. The Bertz CT molecular complexity index is 278. The van der Waals surface area contributed by atoms with Gasteiger partial charge in [0, 0.05) is 30.9 Å². The molecular formula is C12H22ClF3N2OS. The molecule has 1 saturated carbocycles. The van der Waals surface area contributed by atoms with E-state index in [1.807, 2.05) is 0 Å². The highest BCUT2D eigenvalue weighted by atomic mass is 35.5. The van der Waals surface area contributed by atoms with Gasteiger partial charge >= 0.3 is 5.51 Å². The number of rotatable bonds is 5. The topological polar surface area (TPSA) is 33.3 Å². The smallest absolute Gasteiger partial charge is 0.379 e. The van der Waals surface area contributed by atoms with Crippen molar-refractivity contribution in [2.24, 2.45) is 5.92 Å². The second kappa shape index (κ2) is 8.68. The van der Waals surface area contributed by atoms with Gasteiger partial charge in [-0.25, -0.2) is 0 Å². The third-order valence-corrected chi connectivity index (χ3v) is 4.55. The Balaban J connectivity index is 0.00000200. The van der Waals surface area contributed by atoms with E-state index in [9.17, 15) is 13.2 Å². The highest BCUT2D eigenvalue weighted by molar-refractivity contribution is 8.00. The number of alkyl halides is 3. The van der Waals surface area contributed by atoms with E-state index < -0.39 is 5.51 Å². The Labute approximate surface area is 128 Å². The van der Waals surface area contributed by atoms with E-state index in [-0.39, 0.29) is 29.9 Å². The highest BCUT2D eigenvalue weighted by Gasteiger charge is 2.34. The molecule has 1 aliphatic heterocycles. The maximum Gasteiger partial charge on any atom is 0.441 e. The molecule has 1 heterocycles. The fourth-order valence-corrected chi connectivity index (χ4v) is 3.45. The van der Waals surface area contributed by atoms with E-state index in [0.29, 0.717) is 24.5 Å². The van der Waals surface area contributed by atoms with Crippen LogP contribution < -0.4 is 10.6 Å². The number of hydrogen-bond donors (Lipinski definition) is 2. The summed E-state index contributed by atoms with van der Waals surface area (Å²) in [6.07, 6.45) is 3.33. The summed E-state index contributed by atoms with van der Waals surface area (Å²) in [4.78, 5) is 0. The molecule has 3 atom stereocenters. The van der Waals surface area contributed by atoms with Crippen LogP contribution in [0, 0.1) is 5.92 Å². The second-order valence-electron chi connectivity index (χ2n) is 5.09. The zero-order valence-electron chi connectivity index (χ0n) is 11.2. The maximum absolute atomic E-state index is 12.0. The van der Waals surface area contributed by atoms with Crippen molar-refractivity contribution in [1.29, 1.82) is 0 Å². The first-order valence-electron chi connectivity index (χ1n) is 6.81. The minimum atomic E-state index is -4.12. The molecule has 8 heteroatoms. The zero-order valence-corrected chi connectivity index (χ0v) is 12.9. The Morgan fingerprint density at radius 2 is 2.10 bits per heavy atom. The third-order valence-electron chi connectivity index (χ3n) is 3.81. The Morgan fingerprint density at radius 1 is 1.30 bits per heavy atom. The number of hydrogen-bond acceptors (Lipinski definition) is 4. The van der Waals surface area contributed by atoms with Crippen molar-refractivity contribution in [3.63, 3.8) is 0 Å². The van der Waals surface area contributed by atoms with Crippen molar-refractivity contribution in [2.45, 2.75) is 36.9 Å². The molecule has 1 aliphatic carbocycles. The molecule has 20 heavy (non-hydrogen) atoms. The van der Waals surface area contributed by atoms with Crippen LogP contribution in [0.25, 0.3) is 0 Å². The molecular weight excluding hydrogens is 313 g/mol. The molecule has 3 unspecified atom stereocenters. The maximum atomic E-state index is 12.0. The number of nitrogens with one attached hydrogen (secondary N) is 2. The van der Waals surface area contributed by atoms with E-state index in [2.05, 4.69) is 10.6 Å². The van der Waals surface area contributed by atoms with Crippen LogP contribution in [0.4, 0.5) is 13.2 Å². The summed E-state index contributed by atoms with van der Waals surface area (Å²) >= 11 is 0.0509. The van der Waals surface area contributed by atoms with Crippen LogP contribution in [0.2, 0.25) is 0 Å². The van der Waals surface area contributed by atoms with Gasteiger partial charge in [-0.05, 0) is 30.5 Å². The van der Waals surface area contributed by atoms with Crippen molar-refractivity contribution >= 4 is 24.2 Å². The van der Waals surface area contributed by atoms with Crippen LogP contribution in [0.3, 0.4) is 0 Å². The normalized spacial score (nSPS) is 31.1. The average Bonchev–Trinajstić information content (AvgIpc) is 2.83. The van der Waals surface area contributed by atoms with Gasteiger partial charge in [0.15, 0.2) is 0 Å². The van der Waals surface area contributed by atoms with Gasteiger partial charge in [0.2, 0.25) is 0 Å². The van der Waals surface area contributed by atoms with Crippen molar-refractivity contribution < 1.29 is 17.9 Å². The van der Waals surface area contributed by atoms with Gasteiger partial charge in [-0.1, -0.05) is 6.42 Å². The molecule has 0 aromatic rings. The largest absolute Gasteiger partial charge is 0.441 e. The molecule has 2 fully saturated rings. The van der Waals surface area contributed by atoms with Gasteiger partial charge in [0.25, 0.3) is 0 Å². The first-order valence-corrected chi connectivity index (χ1v) is 7.80. The molecule has 0 aromatic heterocycles. The van der Waals surface area contributed by atoms with Crippen molar-refractivity contribution in [3.8, 4) is 0 Å². The molecule has 120 valence electrons. The number of morpholine rings is 1. The lowest BCUT2D eigenvalue weighted by Crippen LogP contribution is -2.51. The van der Waals surface area contributed by atoms with Crippen LogP contribution in [0.1, 0.15) is 19.3 Å². The first-order chi connectivity index (χ1) is 9.06. The Kier molecular flexibility index (Phi) is 7.97. The summed E-state index contributed by atoms with van der Waals surface area (Å²) in [5, 5.41) is 6.74. The van der Waals surface area contributed by atoms with Gasteiger partial charge < -0.3 is 15.4 Å². The highest BCUT2D eigenvalue weighted by Crippen LogP contribution is 2.31. The molecule has 3 nitrogen and oxygen atoms in total. The SMILES string of the molecule is Cl.FC(F)(F)SCCNC1CCCC1C1COCCN1. The van der Waals surface area contributed by atoms with Crippen LogP contribution >= 0.6 is 24.2 Å². The van der Waals surface area contributed by atoms with Crippen LogP contribution in [-0.4, -0.2) is 49.6 Å². The monoisotopic (exact) mass is 334 g/mol. The van der Waals surface area contributed by atoms with Gasteiger partial charge in [-0.2, -0.15) is 13.2 Å². The molecule has 2 rings (SSSR count). The first kappa shape index (κ1) is 18.4. The molecule has 0 aromatic carbocycles. The predicted molar refractivity (Wildman–Crippen MR) is 77.5 cm³/mol. The number of ether oxygens (including phenoxy) is 1. The molecule has 0 spiro atoms. The molecule has 2 N–H and O–H groups in total. The van der Waals surface area contributed by atoms with Gasteiger partial charge in [0.05, 0.1) is 13.2 Å². The van der Waals surface area contributed by atoms with Gasteiger partial charge in [-0.3, -0.25) is 0 Å². The summed E-state index contributed by atoms with van der Waals surface area (Å²) in [5.41, 5.74) is -4.12. The fraction of sp³-hybridized carbons (Fsp3) is 1.00. The molecule has 0 bridgehead atoms. The van der Waals surface area contributed by atoms with Crippen LogP contribution in [-0.2, 0) is 4.74 Å². The van der Waals surface area contributed by atoms with Gasteiger partial charge in [-0.15, -0.1) is 12.4 Å². The quantitative estimate of drug-likeness (QED) is 0.757. The molecule has 2 aliphatic rings. The standard InChI is InChI=1S/C12H21F3N2OS.ClH/c13-12(14,15)19-7-5-17-10-3-1-2-9(10)11-8-18-6-4-16-11;/h9-11,16-17H,1-8H2;1H. The van der Waals surface area contributed by atoms with Crippen molar-refractivity contribution in [3.05, 3.63) is 0 Å². The fourth-order valence-electron chi connectivity index (χ4n) is 3.00. The Morgan fingerprint density at radius 3 is 2.75 bits per heavy atom. The Hall–Kier alpha value is 0.310. The lowest BCUT2D eigenvalue weighted by Gasteiger charge is -2.33. The van der Waals surface area contributed by atoms with E-state index in [4.69, 9.17) is 4.74 Å². The zero-order chi connectivity index (χ0) is 13.7. The van der Waals surface area contributed by atoms with E-state index >= 15 is 0 Å². The molecule has 0 radical (unpaired) electrons. The summed E-state index contributed by atoms with van der Waals surface area (Å²) < 4.78 is 41.6. The summed E-state index contributed by atoms with van der Waals surface area (Å²) in [6, 6.07) is 0.678. The lowest BCUT2D eigenvalue weighted by atomic mass is 9.94. The number of halogens is 4. The summed E-state index contributed by atoms with van der Waals surface area (Å²) in [6.45, 7) is 2.76.